The van der Waals surface area contributed by atoms with E-state index in [1.807, 2.05) is 66.7 Å². The Labute approximate surface area is 202 Å². The standard InChI is InChI=1S/C27H22ClN3O3/c1-17-25(24(30-27(32)33)16-22-4-2-3-5-23(22)28)26(31-34-17)21-12-10-20(11-13-21)19-8-6-18(7-9-19)14-15-29/h2-13,24,30H,14,16H2,1H3,(H,32,33)/t24-/m1/s1. The monoisotopic (exact) mass is 471 g/mol. The number of aryl methyl sites for hydroxylation is 1. The largest absolute Gasteiger partial charge is 0.465 e. The topological polar surface area (TPSA) is 99.2 Å². The van der Waals surface area contributed by atoms with Crippen molar-refractivity contribution in [3.8, 4) is 28.5 Å². The van der Waals surface area contributed by atoms with E-state index >= 15 is 0 Å². The zero-order valence-electron chi connectivity index (χ0n) is 18.5. The van der Waals surface area contributed by atoms with Gasteiger partial charge in [-0.2, -0.15) is 5.26 Å². The maximum absolute atomic E-state index is 11.6. The number of halogens is 1. The van der Waals surface area contributed by atoms with Crippen LogP contribution in [0.5, 0.6) is 0 Å². The first-order chi connectivity index (χ1) is 16.5. The molecule has 0 aliphatic rings. The summed E-state index contributed by atoms with van der Waals surface area (Å²) >= 11 is 6.34. The van der Waals surface area contributed by atoms with E-state index in [0.717, 1.165) is 27.8 Å². The summed E-state index contributed by atoms with van der Waals surface area (Å²) in [5, 5.41) is 25.7. The third-order valence-electron chi connectivity index (χ3n) is 5.67. The van der Waals surface area contributed by atoms with E-state index in [2.05, 4.69) is 16.5 Å². The Morgan fingerprint density at radius 3 is 2.29 bits per heavy atom. The van der Waals surface area contributed by atoms with Crippen molar-refractivity contribution in [1.29, 1.82) is 5.26 Å². The van der Waals surface area contributed by atoms with Crippen molar-refractivity contribution in [2.45, 2.75) is 25.8 Å². The first kappa shape index (κ1) is 23.1. The summed E-state index contributed by atoms with van der Waals surface area (Å²) in [5.74, 6) is 0.540. The number of amides is 1. The summed E-state index contributed by atoms with van der Waals surface area (Å²) in [6.45, 7) is 1.77. The van der Waals surface area contributed by atoms with Gasteiger partial charge in [0.15, 0.2) is 0 Å². The van der Waals surface area contributed by atoms with Gasteiger partial charge in [-0.3, -0.25) is 0 Å². The molecule has 0 saturated heterocycles. The zero-order valence-corrected chi connectivity index (χ0v) is 19.2. The molecule has 0 aliphatic heterocycles. The summed E-state index contributed by atoms with van der Waals surface area (Å²) in [7, 11) is 0. The average Bonchev–Trinajstić information content (AvgIpc) is 3.22. The van der Waals surface area contributed by atoms with E-state index in [9.17, 15) is 9.90 Å². The average molecular weight is 472 g/mol. The number of nitriles is 1. The van der Waals surface area contributed by atoms with Gasteiger partial charge in [0, 0.05) is 16.1 Å². The number of rotatable bonds is 7. The first-order valence-electron chi connectivity index (χ1n) is 10.7. The van der Waals surface area contributed by atoms with Crippen LogP contribution in [0.15, 0.2) is 77.3 Å². The number of carboxylic acid groups (broad SMARTS) is 1. The number of carbonyl (C=O) groups is 1. The lowest BCUT2D eigenvalue weighted by molar-refractivity contribution is 0.189. The molecule has 4 rings (SSSR count). The fourth-order valence-corrected chi connectivity index (χ4v) is 4.20. The van der Waals surface area contributed by atoms with E-state index in [1.165, 1.54) is 0 Å². The van der Waals surface area contributed by atoms with Crippen molar-refractivity contribution in [1.82, 2.24) is 10.5 Å². The van der Waals surface area contributed by atoms with Gasteiger partial charge in [-0.05, 0) is 41.7 Å². The Balaban J connectivity index is 1.66. The van der Waals surface area contributed by atoms with E-state index in [-0.39, 0.29) is 0 Å². The molecule has 1 atom stereocenters. The van der Waals surface area contributed by atoms with Gasteiger partial charge in [0.1, 0.15) is 11.5 Å². The van der Waals surface area contributed by atoms with Crippen LogP contribution in [-0.4, -0.2) is 16.4 Å². The second-order valence-corrected chi connectivity index (χ2v) is 8.32. The molecule has 0 unspecified atom stereocenters. The summed E-state index contributed by atoms with van der Waals surface area (Å²) in [6, 6.07) is 24.6. The molecule has 6 nitrogen and oxygen atoms in total. The van der Waals surface area contributed by atoms with Crippen LogP contribution >= 0.6 is 11.6 Å². The first-order valence-corrected chi connectivity index (χ1v) is 11.1. The number of benzene rings is 3. The van der Waals surface area contributed by atoms with Gasteiger partial charge >= 0.3 is 6.09 Å². The Bertz CT molecular complexity index is 1340. The quantitative estimate of drug-likeness (QED) is 0.317. The van der Waals surface area contributed by atoms with E-state index < -0.39 is 12.1 Å². The number of hydrogen-bond acceptors (Lipinski definition) is 4. The minimum Gasteiger partial charge on any atom is -0.465 e. The maximum Gasteiger partial charge on any atom is 0.405 e. The van der Waals surface area contributed by atoms with Gasteiger partial charge in [0.05, 0.1) is 18.5 Å². The summed E-state index contributed by atoms with van der Waals surface area (Å²) < 4.78 is 5.49. The van der Waals surface area contributed by atoms with E-state index in [0.29, 0.717) is 34.9 Å². The Morgan fingerprint density at radius 2 is 1.68 bits per heavy atom. The molecule has 34 heavy (non-hydrogen) atoms. The highest BCUT2D eigenvalue weighted by atomic mass is 35.5. The van der Waals surface area contributed by atoms with Gasteiger partial charge in [-0.25, -0.2) is 4.79 Å². The third kappa shape index (κ3) is 5.11. The zero-order chi connectivity index (χ0) is 24.1. The fraction of sp³-hybridized carbons (Fsp3) is 0.148. The molecule has 4 aromatic rings. The summed E-state index contributed by atoms with van der Waals surface area (Å²) in [6.07, 6.45) is -0.403. The molecule has 0 radical (unpaired) electrons. The SMILES string of the molecule is Cc1onc(-c2ccc(-c3ccc(CC#N)cc3)cc2)c1[C@@H](Cc1ccccc1Cl)NC(=O)O. The molecule has 7 heteroatoms. The smallest absolute Gasteiger partial charge is 0.405 e. The lowest BCUT2D eigenvalue weighted by atomic mass is 9.94. The van der Waals surface area contributed by atoms with E-state index in [4.69, 9.17) is 21.4 Å². The molecule has 2 N–H and O–H groups in total. The van der Waals surface area contributed by atoms with Crippen molar-refractivity contribution < 1.29 is 14.4 Å². The van der Waals surface area contributed by atoms with Crippen LogP contribution in [0.2, 0.25) is 5.02 Å². The predicted molar refractivity (Wildman–Crippen MR) is 130 cm³/mol. The lowest BCUT2D eigenvalue weighted by Gasteiger charge is -2.18. The van der Waals surface area contributed by atoms with Crippen molar-refractivity contribution in [3.05, 3.63) is 100 Å². The minimum absolute atomic E-state index is 0.355. The highest BCUT2D eigenvalue weighted by Crippen LogP contribution is 2.34. The molecule has 1 aromatic heterocycles. The van der Waals surface area contributed by atoms with Crippen LogP contribution in [0.3, 0.4) is 0 Å². The number of nitrogens with zero attached hydrogens (tertiary/aromatic N) is 2. The van der Waals surface area contributed by atoms with Crippen LogP contribution in [-0.2, 0) is 12.8 Å². The van der Waals surface area contributed by atoms with Crippen molar-refractivity contribution in [2.75, 3.05) is 0 Å². The molecular weight excluding hydrogens is 450 g/mol. The van der Waals surface area contributed by atoms with Gasteiger partial charge in [-0.15, -0.1) is 0 Å². The molecule has 0 aliphatic carbocycles. The predicted octanol–water partition coefficient (Wildman–Crippen LogP) is 6.59. The Hall–Kier alpha value is -4.08. The van der Waals surface area contributed by atoms with Crippen molar-refractivity contribution in [3.63, 3.8) is 0 Å². The van der Waals surface area contributed by atoms with Crippen LogP contribution in [0, 0.1) is 18.3 Å². The number of hydrogen-bond donors (Lipinski definition) is 2. The van der Waals surface area contributed by atoms with E-state index in [1.54, 1.807) is 13.0 Å². The molecule has 1 amide bonds. The van der Waals surface area contributed by atoms with Crippen LogP contribution in [0.1, 0.15) is 28.5 Å². The number of nitrogens with one attached hydrogen (secondary N) is 1. The second kappa shape index (κ2) is 10.2. The Morgan fingerprint density at radius 1 is 1.06 bits per heavy atom. The van der Waals surface area contributed by atoms with Crippen molar-refractivity contribution in [2.24, 2.45) is 0 Å². The lowest BCUT2D eigenvalue weighted by Crippen LogP contribution is -2.29. The molecule has 170 valence electrons. The van der Waals surface area contributed by atoms with Crippen LogP contribution in [0.4, 0.5) is 4.79 Å². The molecule has 0 spiro atoms. The highest BCUT2D eigenvalue weighted by molar-refractivity contribution is 6.31. The van der Waals surface area contributed by atoms with Crippen LogP contribution in [0.25, 0.3) is 22.4 Å². The second-order valence-electron chi connectivity index (χ2n) is 7.91. The fourth-order valence-electron chi connectivity index (χ4n) is 3.98. The molecule has 1 heterocycles. The van der Waals surface area contributed by atoms with Gasteiger partial charge in [0.2, 0.25) is 0 Å². The third-order valence-corrected chi connectivity index (χ3v) is 6.03. The molecule has 0 bridgehead atoms. The van der Waals surface area contributed by atoms with Crippen molar-refractivity contribution >= 4 is 17.7 Å². The van der Waals surface area contributed by atoms with Gasteiger partial charge < -0.3 is 14.9 Å². The normalized spacial score (nSPS) is 11.6. The summed E-state index contributed by atoms with van der Waals surface area (Å²) in [4.78, 5) is 11.6. The van der Waals surface area contributed by atoms with Gasteiger partial charge in [-0.1, -0.05) is 83.5 Å². The van der Waals surface area contributed by atoms with Crippen LogP contribution < -0.4 is 5.32 Å². The minimum atomic E-state index is -1.14. The summed E-state index contributed by atoms with van der Waals surface area (Å²) in [5.41, 5.74) is 5.92. The Kier molecular flexibility index (Phi) is 6.95. The molecular formula is C27H22ClN3O3. The molecule has 0 fully saturated rings. The molecule has 0 saturated carbocycles. The number of aromatic nitrogens is 1. The maximum atomic E-state index is 11.6. The van der Waals surface area contributed by atoms with Gasteiger partial charge in [0.25, 0.3) is 0 Å². The molecule has 3 aromatic carbocycles. The highest BCUT2D eigenvalue weighted by Gasteiger charge is 2.26.